The summed E-state index contributed by atoms with van der Waals surface area (Å²) in [5.41, 5.74) is -1.34. The Kier molecular flexibility index (Phi) is 8.74. The smallest absolute Gasteiger partial charge is 0.343 e. The molecule has 0 aromatic heterocycles. The van der Waals surface area contributed by atoms with E-state index in [1.807, 2.05) is 0 Å². The van der Waals surface area contributed by atoms with Gasteiger partial charge in [0.1, 0.15) is 24.9 Å². The number of aliphatic hydroxyl groups excluding tert-OH is 2. The van der Waals surface area contributed by atoms with Gasteiger partial charge in [-0.15, -0.1) is 0 Å². The van der Waals surface area contributed by atoms with E-state index in [0.29, 0.717) is 0 Å². The highest BCUT2D eigenvalue weighted by Gasteiger charge is 2.41. The summed E-state index contributed by atoms with van der Waals surface area (Å²) in [6.07, 6.45) is -6.36. The van der Waals surface area contributed by atoms with Gasteiger partial charge in [0, 0.05) is 0 Å². The Hall–Kier alpha value is -5.65. The summed E-state index contributed by atoms with van der Waals surface area (Å²) in [6, 6.07) is 4.62. The number of aliphatic hydroxyl groups is 2. The van der Waals surface area contributed by atoms with E-state index in [0.717, 1.165) is 36.4 Å². The minimum Gasteiger partial charge on any atom is -0.504 e. The first-order chi connectivity index (χ1) is 20.7. The minimum absolute atomic E-state index is 0.350. The first-order valence-electron chi connectivity index (χ1n) is 12.3. The Balaban J connectivity index is 1.39. The third-order valence-electron chi connectivity index (χ3n) is 6.33. The van der Waals surface area contributed by atoms with Crippen molar-refractivity contribution >= 4 is 17.9 Å². The van der Waals surface area contributed by atoms with Gasteiger partial charge >= 0.3 is 17.9 Å². The highest BCUT2D eigenvalue weighted by atomic mass is 16.6. The number of rotatable bonds is 7. The van der Waals surface area contributed by atoms with Crippen molar-refractivity contribution in [2.75, 3.05) is 13.2 Å². The average Bonchev–Trinajstić information content (AvgIpc) is 2.97. The minimum atomic E-state index is -1.78. The van der Waals surface area contributed by atoms with Crippen LogP contribution in [0.4, 0.5) is 0 Å². The summed E-state index contributed by atoms with van der Waals surface area (Å²) in [6.45, 7) is -1.15. The van der Waals surface area contributed by atoms with Crippen LogP contribution in [-0.4, -0.2) is 107 Å². The number of aromatic hydroxyl groups is 8. The van der Waals surface area contributed by atoms with Gasteiger partial charge < -0.3 is 70.0 Å². The number of benzene rings is 3. The fourth-order valence-electron chi connectivity index (χ4n) is 3.94. The molecule has 1 heterocycles. The van der Waals surface area contributed by atoms with Gasteiger partial charge in [0.25, 0.3) is 0 Å². The molecule has 0 aliphatic carbocycles. The molecule has 0 saturated carbocycles. The van der Waals surface area contributed by atoms with Gasteiger partial charge in [-0.05, 0) is 36.4 Å². The highest BCUT2D eigenvalue weighted by molar-refractivity contribution is 5.95. The van der Waals surface area contributed by atoms with Crippen molar-refractivity contribution in [3.63, 3.8) is 0 Å². The number of ether oxygens (including phenoxy) is 4. The molecular formula is C27H24O17. The Labute approximate surface area is 245 Å². The number of carbonyl (C=O) groups is 3. The van der Waals surface area contributed by atoms with Gasteiger partial charge in [-0.2, -0.15) is 0 Å². The van der Waals surface area contributed by atoms with E-state index in [4.69, 9.17) is 18.9 Å². The fraction of sp³-hybridized carbons (Fsp3) is 0.222. The van der Waals surface area contributed by atoms with E-state index >= 15 is 0 Å². The van der Waals surface area contributed by atoms with Gasteiger partial charge in [0.2, 0.25) is 5.75 Å². The molecule has 234 valence electrons. The summed E-state index contributed by atoms with van der Waals surface area (Å²) in [5, 5.41) is 98.1. The first-order valence-corrected chi connectivity index (χ1v) is 12.3. The molecule has 17 nitrogen and oxygen atoms in total. The number of hydrogen-bond donors (Lipinski definition) is 10. The molecule has 0 unspecified atom stereocenters. The summed E-state index contributed by atoms with van der Waals surface area (Å²) >= 11 is 0. The van der Waals surface area contributed by atoms with Crippen molar-refractivity contribution in [2.24, 2.45) is 0 Å². The molecule has 4 atom stereocenters. The van der Waals surface area contributed by atoms with Crippen molar-refractivity contribution < 1.29 is 84.4 Å². The lowest BCUT2D eigenvalue weighted by atomic mass is 10.0. The largest absolute Gasteiger partial charge is 0.504 e. The van der Waals surface area contributed by atoms with E-state index in [-0.39, 0.29) is 5.56 Å². The van der Waals surface area contributed by atoms with Gasteiger partial charge in [-0.1, -0.05) is 0 Å². The molecule has 1 aliphatic rings. The summed E-state index contributed by atoms with van der Waals surface area (Å²) in [5.74, 6) is -11.4. The predicted octanol–water partition coefficient (Wildman–Crippen LogP) is 0.0536. The maximum atomic E-state index is 12.8. The van der Waals surface area contributed by atoms with Gasteiger partial charge in [0.15, 0.2) is 52.1 Å². The van der Waals surface area contributed by atoms with Crippen LogP contribution < -0.4 is 4.74 Å². The molecule has 10 N–H and O–H groups in total. The third-order valence-corrected chi connectivity index (χ3v) is 6.33. The lowest BCUT2D eigenvalue weighted by Crippen LogP contribution is -2.55. The van der Waals surface area contributed by atoms with Crippen LogP contribution in [0, 0.1) is 0 Å². The van der Waals surface area contributed by atoms with Gasteiger partial charge in [0.05, 0.1) is 23.3 Å². The monoisotopic (exact) mass is 620 g/mol. The van der Waals surface area contributed by atoms with E-state index in [9.17, 15) is 65.4 Å². The topological polar surface area (TPSA) is 290 Å². The highest BCUT2D eigenvalue weighted by Crippen LogP contribution is 2.39. The first kappa shape index (κ1) is 31.3. The second kappa shape index (κ2) is 12.3. The van der Waals surface area contributed by atoms with Crippen LogP contribution in [-0.2, 0) is 14.2 Å². The van der Waals surface area contributed by atoms with Crippen molar-refractivity contribution in [2.45, 2.75) is 24.4 Å². The summed E-state index contributed by atoms with van der Waals surface area (Å²) in [4.78, 5) is 37.4. The molecule has 17 heteroatoms. The van der Waals surface area contributed by atoms with Crippen LogP contribution in [0.5, 0.6) is 51.7 Å². The number of carbonyl (C=O) groups excluding carboxylic acids is 3. The number of hydrogen-bond acceptors (Lipinski definition) is 17. The molecule has 3 aromatic rings. The maximum absolute atomic E-state index is 12.8. The Morgan fingerprint density at radius 3 is 1.61 bits per heavy atom. The number of esters is 3. The molecular weight excluding hydrogens is 596 g/mol. The molecule has 0 radical (unpaired) electrons. The average molecular weight is 620 g/mol. The Bertz CT molecular complexity index is 1570. The SMILES string of the molecule is O=C(OC[C@H]1OC[C@H](OC(=O)c2cc(O)c(O)c(OC(=O)c3cc(O)c(O)c(O)c3)c2)[C@@H](O)[C@@H]1O)c1cc(O)c(O)c(O)c1. The quantitative estimate of drug-likeness (QED) is 0.0948. The predicted molar refractivity (Wildman–Crippen MR) is 139 cm³/mol. The third kappa shape index (κ3) is 6.38. The molecule has 1 saturated heterocycles. The second-order valence-electron chi connectivity index (χ2n) is 9.35. The molecule has 0 bridgehead atoms. The van der Waals surface area contributed by atoms with Gasteiger partial charge in [-0.25, -0.2) is 14.4 Å². The van der Waals surface area contributed by atoms with Gasteiger partial charge in [-0.3, -0.25) is 0 Å². The summed E-state index contributed by atoms with van der Waals surface area (Å²) < 4.78 is 20.4. The van der Waals surface area contributed by atoms with Crippen molar-refractivity contribution in [3.8, 4) is 51.7 Å². The van der Waals surface area contributed by atoms with E-state index in [1.165, 1.54) is 0 Å². The van der Waals surface area contributed by atoms with Crippen LogP contribution in [0.2, 0.25) is 0 Å². The molecule has 0 amide bonds. The van der Waals surface area contributed by atoms with E-state index in [1.54, 1.807) is 0 Å². The van der Waals surface area contributed by atoms with Crippen LogP contribution in [0.15, 0.2) is 36.4 Å². The number of phenolic OH excluding ortho intramolecular Hbond substituents is 8. The van der Waals surface area contributed by atoms with E-state index in [2.05, 4.69) is 0 Å². The molecule has 1 aliphatic heterocycles. The number of phenols is 8. The molecule has 1 fully saturated rings. The standard InChI is InChI=1S/C27H24O17/c28-12-1-9(2-13(29)20(12)33)25(38)42-7-18-23(36)24(37)19(8-41-18)44-27(40)11-5-16(32)22(35)17(6-11)43-26(39)10-3-14(30)21(34)15(31)4-10/h1-6,18-19,23-24,28-37H,7-8H2/t18-,19+,23-,24-/m1/s1. The lowest BCUT2D eigenvalue weighted by molar-refractivity contribution is -0.196. The molecule has 4 rings (SSSR count). The fourth-order valence-corrected chi connectivity index (χ4v) is 3.94. The van der Waals surface area contributed by atoms with Crippen molar-refractivity contribution in [1.82, 2.24) is 0 Å². The molecule has 0 spiro atoms. The Morgan fingerprint density at radius 1 is 0.636 bits per heavy atom. The second-order valence-corrected chi connectivity index (χ2v) is 9.35. The molecule has 3 aromatic carbocycles. The lowest BCUT2D eigenvalue weighted by Gasteiger charge is -2.36. The van der Waals surface area contributed by atoms with Crippen LogP contribution in [0.1, 0.15) is 31.1 Å². The van der Waals surface area contributed by atoms with Crippen LogP contribution in [0.3, 0.4) is 0 Å². The van der Waals surface area contributed by atoms with Crippen molar-refractivity contribution in [3.05, 3.63) is 53.1 Å². The van der Waals surface area contributed by atoms with Crippen molar-refractivity contribution in [1.29, 1.82) is 0 Å². The zero-order chi connectivity index (χ0) is 32.5. The Morgan fingerprint density at radius 2 is 1.09 bits per heavy atom. The van der Waals surface area contributed by atoms with E-state index < -0.39 is 118 Å². The molecule has 44 heavy (non-hydrogen) atoms. The summed E-state index contributed by atoms with van der Waals surface area (Å²) in [7, 11) is 0. The zero-order valence-electron chi connectivity index (χ0n) is 22.0. The maximum Gasteiger partial charge on any atom is 0.343 e. The van der Waals surface area contributed by atoms with Crippen LogP contribution in [0.25, 0.3) is 0 Å². The normalized spacial score (nSPS) is 19.6. The zero-order valence-corrected chi connectivity index (χ0v) is 22.0. The van der Waals surface area contributed by atoms with Crippen LogP contribution >= 0.6 is 0 Å².